The van der Waals surface area contributed by atoms with Gasteiger partial charge in [-0.05, 0) is 37.5 Å². The number of fused-ring (bicyclic) bond motifs is 2. The van der Waals surface area contributed by atoms with Gasteiger partial charge >= 0.3 is 0 Å². The molecule has 2 rings (SSSR count). The van der Waals surface area contributed by atoms with Gasteiger partial charge in [0.1, 0.15) is 0 Å². The van der Waals surface area contributed by atoms with Crippen molar-refractivity contribution in [3.8, 4) is 0 Å². The van der Waals surface area contributed by atoms with E-state index in [1.807, 2.05) is 25.2 Å². The minimum atomic E-state index is -0.657. The number of aliphatic hydroxyl groups is 1. The largest absolute Gasteiger partial charge is 0.385 e. The Balaban J connectivity index is 2.53. The van der Waals surface area contributed by atoms with E-state index in [9.17, 15) is 5.11 Å². The summed E-state index contributed by atoms with van der Waals surface area (Å²) in [7, 11) is 0. The minimum Gasteiger partial charge on any atom is -0.385 e. The number of hydrogen-bond acceptors (Lipinski definition) is 1. The molecule has 0 saturated heterocycles. The molecule has 0 aromatic carbocycles. The third-order valence-electron chi connectivity index (χ3n) is 5.18. The Hall–Kier alpha value is -0.560. The predicted molar refractivity (Wildman–Crippen MR) is 63.5 cm³/mol. The van der Waals surface area contributed by atoms with Gasteiger partial charge in [0.2, 0.25) is 0 Å². The van der Waals surface area contributed by atoms with Crippen LogP contribution in [0.1, 0.15) is 40.0 Å². The summed E-state index contributed by atoms with van der Waals surface area (Å²) in [6, 6.07) is 0. The molecule has 1 heteroatoms. The molecular weight excluding hydrogens is 184 g/mol. The second-order valence-electron chi connectivity index (χ2n) is 5.76. The van der Waals surface area contributed by atoms with Crippen LogP contribution < -0.4 is 0 Å². The molecule has 0 radical (unpaired) electrons. The lowest BCUT2D eigenvalue weighted by molar-refractivity contribution is -0.0304. The smallest absolute Gasteiger partial charge is 0.0925 e. The zero-order valence-corrected chi connectivity index (χ0v) is 10.1. The van der Waals surface area contributed by atoms with Crippen molar-refractivity contribution in [1.82, 2.24) is 0 Å². The second-order valence-corrected chi connectivity index (χ2v) is 5.76. The van der Waals surface area contributed by atoms with E-state index in [2.05, 4.69) is 20.4 Å². The van der Waals surface area contributed by atoms with E-state index in [-0.39, 0.29) is 10.8 Å². The van der Waals surface area contributed by atoms with Gasteiger partial charge in [0.15, 0.2) is 0 Å². The van der Waals surface area contributed by atoms with Crippen molar-refractivity contribution in [2.24, 2.45) is 16.7 Å². The van der Waals surface area contributed by atoms with E-state index in [0.29, 0.717) is 5.92 Å². The first-order valence-electron chi connectivity index (χ1n) is 5.93. The van der Waals surface area contributed by atoms with E-state index < -0.39 is 5.60 Å². The van der Waals surface area contributed by atoms with Gasteiger partial charge < -0.3 is 5.11 Å². The van der Waals surface area contributed by atoms with Crippen LogP contribution in [0.3, 0.4) is 0 Å². The molecule has 0 aromatic rings. The molecule has 2 bridgehead atoms. The maximum atomic E-state index is 10.8. The molecule has 2 saturated carbocycles. The van der Waals surface area contributed by atoms with Crippen molar-refractivity contribution in [3.63, 3.8) is 0 Å². The highest BCUT2D eigenvalue weighted by atomic mass is 16.3. The fourth-order valence-electron chi connectivity index (χ4n) is 4.17. The lowest BCUT2D eigenvalue weighted by atomic mass is 9.63. The molecule has 0 heterocycles. The topological polar surface area (TPSA) is 20.2 Å². The van der Waals surface area contributed by atoms with E-state index in [4.69, 9.17) is 0 Å². The zero-order valence-electron chi connectivity index (χ0n) is 10.1. The third-order valence-corrected chi connectivity index (χ3v) is 5.18. The first-order chi connectivity index (χ1) is 6.93. The first kappa shape index (κ1) is 10.9. The van der Waals surface area contributed by atoms with Gasteiger partial charge in [0.25, 0.3) is 0 Å². The van der Waals surface area contributed by atoms with E-state index in [1.54, 1.807) is 0 Å². The molecular formula is C14H22O. The Morgan fingerprint density at radius 2 is 2.07 bits per heavy atom. The van der Waals surface area contributed by atoms with Crippen molar-refractivity contribution in [2.45, 2.75) is 45.6 Å². The first-order valence-corrected chi connectivity index (χ1v) is 5.93. The van der Waals surface area contributed by atoms with Crippen molar-refractivity contribution in [3.05, 3.63) is 24.8 Å². The van der Waals surface area contributed by atoms with Crippen molar-refractivity contribution in [1.29, 1.82) is 0 Å². The summed E-state index contributed by atoms with van der Waals surface area (Å²) in [5.41, 5.74) is -0.587. The van der Waals surface area contributed by atoms with Gasteiger partial charge in [-0.3, -0.25) is 0 Å². The summed E-state index contributed by atoms with van der Waals surface area (Å²) in [4.78, 5) is 0. The van der Waals surface area contributed by atoms with Crippen LogP contribution in [0.2, 0.25) is 0 Å². The van der Waals surface area contributed by atoms with Crippen LogP contribution in [0, 0.1) is 16.7 Å². The normalized spacial score (nSPS) is 47.6. The highest BCUT2D eigenvalue weighted by Crippen LogP contribution is 2.70. The molecule has 1 nitrogen and oxygen atoms in total. The molecule has 0 aromatic heterocycles. The molecule has 2 aliphatic carbocycles. The van der Waals surface area contributed by atoms with Gasteiger partial charge in [-0.1, -0.05) is 32.1 Å². The van der Waals surface area contributed by atoms with Gasteiger partial charge in [-0.25, -0.2) is 0 Å². The quantitative estimate of drug-likeness (QED) is 0.687. The highest BCUT2D eigenvalue weighted by molar-refractivity contribution is 5.30. The molecule has 2 unspecified atom stereocenters. The maximum absolute atomic E-state index is 10.8. The van der Waals surface area contributed by atoms with E-state index >= 15 is 0 Å². The average molecular weight is 206 g/mol. The number of allylic oxidation sites excluding steroid dienone is 1. The van der Waals surface area contributed by atoms with Gasteiger partial charge in [-0.15, -0.1) is 6.58 Å². The summed E-state index contributed by atoms with van der Waals surface area (Å²) in [6.45, 7) is 10.5. The van der Waals surface area contributed by atoms with E-state index in [1.165, 1.54) is 6.42 Å². The molecule has 3 atom stereocenters. The Labute approximate surface area is 92.9 Å². The Morgan fingerprint density at radius 3 is 2.53 bits per heavy atom. The Morgan fingerprint density at radius 1 is 1.40 bits per heavy atom. The number of hydrogen-bond donors (Lipinski definition) is 1. The molecule has 2 fully saturated rings. The predicted octanol–water partition coefficient (Wildman–Crippen LogP) is 3.31. The highest BCUT2D eigenvalue weighted by Gasteiger charge is 2.68. The zero-order chi connectivity index (χ0) is 11.3. The van der Waals surface area contributed by atoms with Crippen molar-refractivity contribution >= 4 is 0 Å². The van der Waals surface area contributed by atoms with Crippen LogP contribution in [0.25, 0.3) is 0 Å². The van der Waals surface area contributed by atoms with Crippen LogP contribution in [0.15, 0.2) is 24.8 Å². The van der Waals surface area contributed by atoms with Crippen LogP contribution in [0.5, 0.6) is 0 Å². The standard InChI is InChI=1S/C14H22O/c1-5-8-14(15)10-11-7-9-13(14,6-2)12(11,3)4/h5-6,8,11,15H,2,7,9-10H2,1,3-4H3/b8-5-/t11?,13?,14-/m1/s1. The van der Waals surface area contributed by atoms with Crippen LogP contribution in [-0.2, 0) is 0 Å². The molecule has 1 N–H and O–H groups in total. The van der Waals surface area contributed by atoms with E-state index in [0.717, 1.165) is 12.8 Å². The van der Waals surface area contributed by atoms with Crippen LogP contribution in [-0.4, -0.2) is 10.7 Å². The lowest BCUT2D eigenvalue weighted by Gasteiger charge is -2.44. The second kappa shape index (κ2) is 2.98. The Kier molecular flexibility index (Phi) is 2.17. The van der Waals surface area contributed by atoms with Gasteiger partial charge in [0, 0.05) is 5.41 Å². The van der Waals surface area contributed by atoms with Gasteiger partial charge in [-0.2, -0.15) is 0 Å². The monoisotopic (exact) mass is 206 g/mol. The summed E-state index contributed by atoms with van der Waals surface area (Å²) >= 11 is 0. The minimum absolute atomic E-state index is 0.114. The van der Waals surface area contributed by atoms with Crippen molar-refractivity contribution < 1.29 is 5.11 Å². The fraction of sp³-hybridized carbons (Fsp3) is 0.714. The summed E-state index contributed by atoms with van der Waals surface area (Å²) < 4.78 is 0. The molecule has 0 aliphatic heterocycles. The number of rotatable bonds is 2. The SMILES string of the molecule is C=CC12CCC(C[C@]1(O)/C=C\C)C2(C)C. The fourth-order valence-corrected chi connectivity index (χ4v) is 4.17. The lowest BCUT2D eigenvalue weighted by Crippen LogP contribution is -2.46. The maximum Gasteiger partial charge on any atom is 0.0925 e. The molecule has 84 valence electrons. The third kappa shape index (κ3) is 1.02. The van der Waals surface area contributed by atoms with Crippen LogP contribution >= 0.6 is 0 Å². The molecule has 2 aliphatic rings. The van der Waals surface area contributed by atoms with Crippen molar-refractivity contribution in [2.75, 3.05) is 0 Å². The average Bonchev–Trinajstić information content (AvgIpc) is 2.49. The summed E-state index contributed by atoms with van der Waals surface area (Å²) in [5, 5.41) is 10.8. The molecule has 0 spiro atoms. The summed E-state index contributed by atoms with van der Waals surface area (Å²) in [6.07, 6.45) is 9.18. The van der Waals surface area contributed by atoms with Crippen LogP contribution in [0.4, 0.5) is 0 Å². The summed E-state index contributed by atoms with van der Waals surface area (Å²) in [5.74, 6) is 0.636. The Bertz CT molecular complexity index is 315. The van der Waals surface area contributed by atoms with Gasteiger partial charge in [0.05, 0.1) is 5.60 Å². The molecule has 0 amide bonds. The molecule has 15 heavy (non-hydrogen) atoms.